The van der Waals surface area contributed by atoms with Crippen LogP contribution in [0, 0.1) is 0 Å². The van der Waals surface area contributed by atoms with Gasteiger partial charge < -0.3 is 10.1 Å². The van der Waals surface area contributed by atoms with Gasteiger partial charge in [-0.2, -0.15) is 0 Å². The number of fused-ring (bicyclic) bond motifs is 3. The Labute approximate surface area is 169 Å². The molecule has 1 aliphatic heterocycles. The molecule has 6 heteroatoms. The van der Waals surface area contributed by atoms with Crippen LogP contribution in [0.25, 0.3) is 16.7 Å². The summed E-state index contributed by atoms with van der Waals surface area (Å²) in [5.74, 6) is 1.70. The number of benzene rings is 2. The molecular weight excluding hydrogens is 422 g/mol. The van der Waals surface area contributed by atoms with E-state index in [1.807, 2.05) is 30.3 Å². The van der Waals surface area contributed by atoms with E-state index in [0.29, 0.717) is 0 Å². The molecular formula is C21H16BrN3OS. The smallest absolute Gasteiger partial charge is 0.209 e. The van der Waals surface area contributed by atoms with Gasteiger partial charge in [-0.05, 0) is 47.9 Å². The molecule has 2 aromatic heterocycles. The maximum atomic E-state index is 5.68. The Morgan fingerprint density at radius 1 is 1.15 bits per heavy atom. The quantitative estimate of drug-likeness (QED) is 0.431. The number of nitrogens with one attached hydrogen (secondary N) is 1. The summed E-state index contributed by atoms with van der Waals surface area (Å²) in [7, 11) is 1.71. The fourth-order valence-electron chi connectivity index (χ4n) is 3.55. The molecule has 1 aliphatic rings. The number of aromatic nitrogens is 2. The normalized spacial score (nSPS) is 15.9. The first-order valence-corrected chi connectivity index (χ1v) is 10.2. The van der Waals surface area contributed by atoms with Gasteiger partial charge in [0.2, 0.25) is 5.95 Å². The first-order valence-electron chi connectivity index (χ1n) is 8.58. The fraction of sp³-hybridized carbons (Fsp3) is 0.0952. The van der Waals surface area contributed by atoms with Crippen LogP contribution >= 0.6 is 27.3 Å². The SMILES string of the molecule is COc1ccc(Br)cc1[C@H]1C=C(c2cccs2)Nc2nc3ccccc3n21. The second-order valence-electron chi connectivity index (χ2n) is 6.31. The van der Waals surface area contributed by atoms with E-state index < -0.39 is 0 Å². The van der Waals surface area contributed by atoms with E-state index in [9.17, 15) is 0 Å². The third-order valence-electron chi connectivity index (χ3n) is 4.74. The molecule has 4 nitrogen and oxygen atoms in total. The lowest BCUT2D eigenvalue weighted by Gasteiger charge is -2.27. The number of rotatable bonds is 3. The summed E-state index contributed by atoms with van der Waals surface area (Å²) in [5, 5.41) is 5.60. The van der Waals surface area contributed by atoms with Gasteiger partial charge in [0.1, 0.15) is 5.75 Å². The molecule has 0 radical (unpaired) electrons. The van der Waals surface area contributed by atoms with Crippen LogP contribution in [0.3, 0.4) is 0 Å². The van der Waals surface area contributed by atoms with Gasteiger partial charge in [0, 0.05) is 10.0 Å². The highest BCUT2D eigenvalue weighted by Gasteiger charge is 2.27. The summed E-state index contributed by atoms with van der Waals surface area (Å²) >= 11 is 5.32. The largest absolute Gasteiger partial charge is 0.496 e. The van der Waals surface area contributed by atoms with Crippen molar-refractivity contribution in [2.75, 3.05) is 12.4 Å². The van der Waals surface area contributed by atoms with Gasteiger partial charge in [-0.3, -0.25) is 4.57 Å². The molecule has 0 unspecified atom stereocenters. The maximum Gasteiger partial charge on any atom is 0.209 e. The van der Waals surface area contributed by atoms with Crippen LogP contribution in [0.4, 0.5) is 5.95 Å². The molecule has 134 valence electrons. The first-order chi connectivity index (χ1) is 13.2. The molecule has 0 aliphatic carbocycles. The Balaban J connectivity index is 1.78. The van der Waals surface area contributed by atoms with Crippen molar-refractivity contribution in [1.29, 1.82) is 0 Å². The number of anilines is 1. The number of para-hydroxylation sites is 2. The lowest BCUT2D eigenvalue weighted by atomic mass is 10.0. The average molecular weight is 438 g/mol. The molecule has 4 aromatic rings. The van der Waals surface area contributed by atoms with Gasteiger partial charge in [0.15, 0.2) is 0 Å². The molecule has 0 bridgehead atoms. The minimum atomic E-state index is -0.0294. The Morgan fingerprint density at radius 2 is 2.04 bits per heavy atom. The Hall–Kier alpha value is -2.57. The number of imidazole rings is 1. The zero-order valence-electron chi connectivity index (χ0n) is 14.5. The van der Waals surface area contributed by atoms with Gasteiger partial charge in [-0.1, -0.05) is 34.1 Å². The van der Waals surface area contributed by atoms with Gasteiger partial charge in [-0.25, -0.2) is 4.98 Å². The Kier molecular flexibility index (Phi) is 4.02. The third kappa shape index (κ3) is 2.76. The van der Waals surface area contributed by atoms with Crippen LogP contribution in [-0.4, -0.2) is 16.7 Å². The van der Waals surface area contributed by atoms with Gasteiger partial charge >= 0.3 is 0 Å². The van der Waals surface area contributed by atoms with E-state index in [4.69, 9.17) is 9.72 Å². The number of hydrogen-bond donors (Lipinski definition) is 1. The summed E-state index contributed by atoms with van der Waals surface area (Å²) in [6.07, 6.45) is 2.25. The van der Waals surface area contributed by atoms with Crippen molar-refractivity contribution in [1.82, 2.24) is 9.55 Å². The summed E-state index contributed by atoms with van der Waals surface area (Å²) < 4.78 is 8.94. The Bertz CT molecular complexity index is 1160. The number of hydrogen-bond acceptors (Lipinski definition) is 4. The predicted octanol–water partition coefficient (Wildman–Crippen LogP) is 5.92. The zero-order chi connectivity index (χ0) is 18.4. The lowest BCUT2D eigenvalue weighted by Crippen LogP contribution is -2.19. The van der Waals surface area contributed by atoms with Crippen molar-refractivity contribution in [2.24, 2.45) is 0 Å². The molecule has 27 heavy (non-hydrogen) atoms. The highest BCUT2D eigenvalue weighted by atomic mass is 79.9. The molecule has 1 N–H and O–H groups in total. The minimum Gasteiger partial charge on any atom is -0.496 e. The number of halogens is 1. The van der Waals surface area contributed by atoms with Crippen LogP contribution in [0.1, 0.15) is 16.5 Å². The van der Waals surface area contributed by atoms with E-state index in [1.165, 1.54) is 4.88 Å². The topological polar surface area (TPSA) is 39.1 Å². The summed E-state index contributed by atoms with van der Waals surface area (Å²) in [6.45, 7) is 0. The van der Waals surface area contributed by atoms with E-state index in [0.717, 1.165) is 38.5 Å². The van der Waals surface area contributed by atoms with Crippen LogP contribution in [0.2, 0.25) is 0 Å². The van der Waals surface area contributed by atoms with Gasteiger partial charge in [0.05, 0.1) is 34.8 Å². The second kappa shape index (κ2) is 6.55. The van der Waals surface area contributed by atoms with E-state index in [2.05, 4.69) is 61.5 Å². The van der Waals surface area contributed by atoms with E-state index in [1.54, 1.807) is 18.4 Å². The summed E-state index contributed by atoms with van der Waals surface area (Å²) in [6, 6.07) is 18.5. The highest BCUT2D eigenvalue weighted by molar-refractivity contribution is 9.10. The second-order valence-corrected chi connectivity index (χ2v) is 8.17. The fourth-order valence-corrected chi connectivity index (χ4v) is 4.64. The monoisotopic (exact) mass is 437 g/mol. The number of allylic oxidation sites excluding steroid dienone is 1. The summed E-state index contributed by atoms with van der Waals surface area (Å²) in [4.78, 5) is 6.02. The van der Waals surface area contributed by atoms with E-state index >= 15 is 0 Å². The first kappa shape index (κ1) is 16.6. The van der Waals surface area contributed by atoms with Crippen LogP contribution in [0.15, 0.2) is 70.5 Å². The molecule has 0 fully saturated rings. The highest BCUT2D eigenvalue weighted by Crippen LogP contribution is 2.41. The van der Waals surface area contributed by atoms with Crippen molar-refractivity contribution in [3.8, 4) is 5.75 Å². The molecule has 0 saturated carbocycles. The lowest BCUT2D eigenvalue weighted by molar-refractivity contribution is 0.406. The van der Waals surface area contributed by atoms with Gasteiger partial charge in [-0.15, -0.1) is 11.3 Å². The van der Waals surface area contributed by atoms with Crippen molar-refractivity contribution in [2.45, 2.75) is 6.04 Å². The summed E-state index contributed by atoms with van der Waals surface area (Å²) in [5.41, 5.74) is 4.22. The Morgan fingerprint density at radius 3 is 2.85 bits per heavy atom. The maximum absolute atomic E-state index is 5.68. The molecule has 5 rings (SSSR count). The average Bonchev–Trinajstić information content (AvgIpc) is 3.35. The van der Waals surface area contributed by atoms with Crippen LogP contribution < -0.4 is 10.1 Å². The number of ether oxygens (including phenoxy) is 1. The van der Waals surface area contributed by atoms with Crippen molar-refractivity contribution < 1.29 is 4.74 Å². The number of thiophene rings is 1. The van der Waals surface area contributed by atoms with Crippen molar-refractivity contribution >= 4 is 49.9 Å². The zero-order valence-corrected chi connectivity index (χ0v) is 16.9. The van der Waals surface area contributed by atoms with E-state index in [-0.39, 0.29) is 6.04 Å². The molecule has 1 atom stereocenters. The molecule has 0 amide bonds. The standard InChI is InChI=1S/C21H16BrN3OS/c1-26-19-9-8-13(22)11-14(19)18-12-16(20-7-4-10-27-20)24-21-23-15-5-2-3-6-17(15)25(18)21/h2-12,18H,1H3,(H,23,24)/t18-/m1/s1. The molecule has 2 aromatic carbocycles. The number of nitrogens with zero attached hydrogens (tertiary/aromatic N) is 2. The number of methoxy groups -OCH3 is 1. The van der Waals surface area contributed by atoms with Crippen LogP contribution in [0.5, 0.6) is 5.75 Å². The molecule has 3 heterocycles. The van der Waals surface area contributed by atoms with Crippen molar-refractivity contribution in [3.05, 3.63) is 81.0 Å². The van der Waals surface area contributed by atoms with Crippen LogP contribution in [-0.2, 0) is 0 Å². The molecule has 0 saturated heterocycles. The van der Waals surface area contributed by atoms with Gasteiger partial charge in [0.25, 0.3) is 0 Å². The predicted molar refractivity (Wildman–Crippen MR) is 114 cm³/mol. The minimum absolute atomic E-state index is 0.0294. The third-order valence-corrected chi connectivity index (χ3v) is 6.14. The molecule has 0 spiro atoms. The van der Waals surface area contributed by atoms with Crippen molar-refractivity contribution in [3.63, 3.8) is 0 Å².